The first kappa shape index (κ1) is 94.7. The third-order valence-electron chi connectivity index (χ3n) is 15.0. The third kappa shape index (κ3) is 71.1. The smallest absolute Gasteiger partial charge is 0.462 e. The quantitative estimate of drug-likeness (QED) is 0.0169. The molecule has 17 nitrogen and oxygen atoms in total. The highest BCUT2D eigenvalue weighted by atomic mass is 31.2. The molecule has 0 heterocycles. The Labute approximate surface area is 604 Å². The Hall–Kier alpha value is -5.32. The summed E-state index contributed by atoms with van der Waals surface area (Å²) in [6.45, 7) is 4.30. The summed E-state index contributed by atoms with van der Waals surface area (Å²) in [6.07, 6.45) is 82.8. The molecule has 0 aliphatic heterocycles. The fraction of sp³-hybridized carbons (Fsp3) is 0.630. The molecule has 3 N–H and O–H groups in total. The molecule has 5 unspecified atom stereocenters. The Morgan fingerprint density at radius 2 is 0.560 bits per heavy atom. The first-order chi connectivity index (χ1) is 48.7. The van der Waals surface area contributed by atoms with Crippen molar-refractivity contribution < 1.29 is 80.2 Å². The van der Waals surface area contributed by atoms with Gasteiger partial charge in [-0.15, -0.1) is 0 Å². The number of rotatable bonds is 69. The summed E-state index contributed by atoms with van der Waals surface area (Å²) in [5.41, 5.74) is 0. The molecular weight excluding hydrogens is 1310 g/mol. The summed E-state index contributed by atoms with van der Waals surface area (Å²) in [4.78, 5) is 72.8. The van der Waals surface area contributed by atoms with Crippen LogP contribution in [0.15, 0.2) is 158 Å². The maximum absolute atomic E-state index is 13.1. The molecule has 0 bridgehead atoms. The van der Waals surface area contributed by atoms with Crippen LogP contribution in [-0.4, -0.2) is 96.7 Å². The number of phosphoric ester groups is 2. The van der Waals surface area contributed by atoms with Crippen LogP contribution in [0.2, 0.25) is 0 Å². The minimum absolute atomic E-state index is 0.0262. The molecule has 0 spiro atoms. The SMILES string of the molecule is CC/C=C\C/C=C\C/C=C\C/C=C\C/C=C\CC(=O)OCC(COP(=O)(O)OCC(O)COP(=O)(O)OCC(COC(=O)CCCC/C=C\C/C=C\C/C=C\C/C=C\CC)OC(=O)CCCC/C=C\C/C=C\C/C=C\C/C=C\CC)OC(=O)CCCCCCCCCCCCCCCCC. The third-order valence-corrected chi connectivity index (χ3v) is 16.9. The van der Waals surface area contributed by atoms with Crippen LogP contribution in [0.5, 0.6) is 0 Å². The van der Waals surface area contributed by atoms with Crippen LogP contribution in [0.3, 0.4) is 0 Å². The molecule has 0 aromatic carbocycles. The number of unbranched alkanes of at least 4 members (excludes halogenated alkanes) is 18. The van der Waals surface area contributed by atoms with Crippen molar-refractivity contribution in [2.75, 3.05) is 39.6 Å². The van der Waals surface area contributed by atoms with E-state index in [0.717, 1.165) is 122 Å². The molecule has 0 radical (unpaired) electrons. The van der Waals surface area contributed by atoms with Crippen molar-refractivity contribution in [3.63, 3.8) is 0 Å². The van der Waals surface area contributed by atoms with E-state index in [1.165, 1.54) is 64.2 Å². The largest absolute Gasteiger partial charge is 0.472 e. The van der Waals surface area contributed by atoms with Crippen LogP contribution in [-0.2, 0) is 65.4 Å². The molecule has 19 heteroatoms. The fourth-order valence-corrected chi connectivity index (χ4v) is 11.0. The zero-order valence-electron chi connectivity index (χ0n) is 61.8. The Balaban J connectivity index is 5.50. The highest BCUT2D eigenvalue weighted by Gasteiger charge is 2.30. The summed E-state index contributed by atoms with van der Waals surface area (Å²) >= 11 is 0. The summed E-state index contributed by atoms with van der Waals surface area (Å²) < 4.78 is 68.2. The number of aliphatic hydroxyl groups excluding tert-OH is 1. The Morgan fingerprint density at radius 1 is 0.300 bits per heavy atom. The maximum Gasteiger partial charge on any atom is 0.472 e. The van der Waals surface area contributed by atoms with Gasteiger partial charge in [0, 0.05) is 19.3 Å². The molecule has 0 rings (SSSR count). The van der Waals surface area contributed by atoms with E-state index in [2.05, 4.69) is 161 Å². The summed E-state index contributed by atoms with van der Waals surface area (Å²) in [5, 5.41) is 10.6. The Morgan fingerprint density at radius 3 is 0.890 bits per heavy atom. The van der Waals surface area contributed by atoms with Crippen molar-refractivity contribution in [3.05, 3.63) is 158 Å². The molecule has 568 valence electrons. The Bertz CT molecular complexity index is 2520. The number of allylic oxidation sites excluding steroid dienone is 25. The number of esters is 4. The molecule has 0 fully saturated rings. The first-order valence-corrected chi connectivity index (χ1v) is 40.7. The number of phosphoric acid groups is 2. The van der Waals surface area contributed by atoms with Crippen molar-refractivity contribution >= 4 is 39.5 Å². The molecule has 0 aliphatic rings. The van der Waals surface area contributed by atoms with E-state index in [1.807, 2.05) is 18.2 Å². The second-order valence-corrected chi connectivity index (χ2v) is 27.4. The van der Waals surface area contributed by atoms with Gasteiger partial charge in [-0.3, -0.25) is 37.3 Å². The lowest BCUT2D eigenvalue weighted by atomic mass is 10.0. The number of carbonyl (C=O) groups excluding carboxylic acids is 4. The first-order valence-electron chi connectivity index (χ1n) is 37.7. The molecule has 100 heavy (non-hydrogen) atoms. The molecular formula is C81H132O17P2. The van der Waals surface area contributed by atoms with Gasteiger partial charge >= 0.3 is 39.5 Å². The van der Waals surface area contributed by atoms with Gasteiger partial charge in [0.25, 0.3) is 0 Å². The highest BCUT2D eigenvalue weighted by molar-refractivity contribution is 7.47. The van der Waals surface area contributed by atoms with E-state index < -0.39 is 97.5 Å². The van der Waals surface area contributed by atoms with Crippen LogP contribution in [0.1, 0.15) is 272 Å². The van der Waals surface area contributed by atoms with Gasteiger partial charge in [-0.05, 0) is 128 Å². The van der Waals surface area contributed by atoms with Crippen molar-refractivity contribution in [2.45, 2.75) is 290 Å². The minimum atomic E-state index is -5.01. The highest BCUT2D eigenvalue weighted by Crippen LogP contribution is 2.45. The maximum atomic E-state index is 13.1. The van der Waals surface area contributed by atoms with Crippen LogP contribution in [0.25, 0.3) is 0 Å². The molecule has 0 aromatic rings. The summed E-state index contributed by atoms with van der Waals surface area (Å²) in [5.74, 6) is -2.43. The van der Waals surface area contributed by atoms with E-state index in [4.69, 9.17) is 37.0 Å². The normalized spacial score (nSPS) is 14.8. The number of aliphatic hydroxyl groups is 1. The van der Waals surface area contributed by atoms with Gasteiger partial charge in [0.15, 0.2) is 12.2 Å². The van der Waals surface area contributed by atoms with Gasteiger partial charge < -0.3 is 33.8 Å². The predicted molar refractivity (Wildman–Crippen MR) is 408 cm³/mol. The number of hydrogen-bond donors (Lipinski definition) is 3. The lowest BCUT2D eigenvalue weighted by Crippen LogP contribution is -2.30. The van der Waals surface area contributed by atoms with Crippen molar-refractivity contribution in [2.24, 2.45) is 0 Å². The molecule has 0 aliphatic carbocycles. The van der Waals surface area contributed by atoms with Crippen LogP contribution < -0.4 is 0 Å². The minimum Gasteiger partial charge on any atom is -0.462 e. The van der Waals surface area contributed by atoms with Crippen molar-refractivity contribution in [1.29, 1.82) is 0 Å². The second kappa shape index (κ2) is 72.0. The van der Waals surface area contributed by atoms with Gasteiger partial charge in [-0.1, -0.05) is 276 Å². The van der Waals surface area contributed by atoms with Crippen LogP contribution in [0, 0.1) is 0 Å². The van der Waals surface area contributed by atoms with Gasteiger partial charge in [-0.25, -0.2) is 9.13 Å². The lowest BCUT2D eigenvalue weighted by Gasteiger charge is -2.21. The van der Waals surface area contributed by atoms with Gasteiger partial charge in [0.1, 0.15) is 19.3 Å². The average Bonchev–Trinajstić information content (AvgIpc) is 1.01. The van der Waals surface area contributed by atoms with Crippen LogP contribution >= 0.6 is 15.6 Å². The molecule has 0 saturated heterocycles. The fourth-order valence-electron chi connectivity index (χ4n) is 9.39. The van der Waals surface area contributed by atoms with E-state index >= 15 is 0 Å². The zero-order chi connectivity index (χ0) is 73.2. The summed E-state index contributed by atoms with van der Waals surface area (Å²) in [7, 11) is -10.0. The average molecular weight is 1440 g/mol. The molecule has 0 saturated carbocycles. The lowest BCUT2D eigenvalue weighted by molar-refractivity contribution is -0.161. The van der Waals surface area contributed by atoms with E-state index in [9.17, 15) is 43.2 Å². The second-order valence-electron chi connectivity index (χ2n) is 24.5. The standard InChI is InChI=1S/C81H132O17P2/c1-5-9-13-17-21-25-29-33-37-41-45-49-53-57-61-65-78(83)91-71-76(97-80(85)67-63-59-55-51-47-43-39-35-31-27-23-19-15-11-7-3)73-95-99(87,88)93-69-75(82)70-94-100(89,90)96-74-77(98-81(86)68-64-60-56-52-48-44-40-36-32-28-24-20-16-12-8-4)72-92-79(84)66-62-58-54-50-46-42-38-34-30-26-22-18-14-10-6-2/h9-11,13-15,21-23,25-27,33-35,37-39,45-47,49-51,58,62,75-77,82H,5-8,12,16-20,24,28-32,36,40-44,48,52-57,59-61,63-74H2,1-4H3,(H,87,88)(H,89,90)/b13-9-,14-10-,15-11-,25-21-,26-22-,27-23-,37-33-,38-34-,39-35-,49-45-,50-46-,51-47-,62-58-. The topological polar surface area (TPSA) is 237 Å². The van der Waals surface area contributed by atoms with Crippen molar-refractivity contribution in [1.82, 2.24) is 0 Å². The summed E-state index contributed by atoms with van der Waals surface area (Å²) in [6, 6.07) is 0. The van der Waals surface area contributed by atoms with Crippen molar-refractivity contribution in [3.8, 4) is 0 Å². The molecule has 0 amide bonds. The van der Waals surface area contributed by atoms with E-state index in [-0.39, 0.29) is 25.7 Å². The van der Waals surface area contributed by atoms with Gasteiger partial charge in [-0.2, -0.15) is 0 Å². The zero-order valence-corrected chi connectivity index (χ0v) is 63.6. The Kier molecular flexibility index (Phi) is 68.2. The van der Waals surface area contributed by atoms with Crippen LogP contribution in [0.4, 0.5) is 0 Å². The number of hydrogen-bond acceptors (Lipinski definition) is 15. The van der Waals surface area contributed by atoms with Gasteiger partial charge in [0.05, 0.1) is 32.8 Å². The van der Waals surface area contributed by atoms with E-state index in [0.29, 0.717) is 32.1 Å². The molecule has 0 aromatic heterocycles. The van der Waals surface area contributed by atoms with Gasteiger partial charge in [0.2, 0.25) is 0 Å². The molecule has 5 atom stereocenters. The monoisotopic (exact) mass is 1440 g/mol. The predicted octanol–water partition coefficient (Wildman–Crippen LogP) is 21.7. The number of carbonyl (C=O) groups is 4. The van der Waals surface area contributed by atoms with E-state index in [1.54, 1.807) is 6.08 Å². The number of ether oxygens (including phenoxy) is 4.